The Morgan fingerprint density at radius 1 is 1.19 bits per heavy atom. The van der Waals surface area contributed by atoms with E-state index in [-0.39, 0.29) is 35.8 Å². The number of carbonyl (C=O) groups is 1. The predicted octanol–water partition coefficient (Wildman–Crippen LogP) is 5.24. The van der Waals surface area contributed by atoms with E-state index < -0.39 is 11.7 Å². The van der Waals surface area contributed by atoms with E-state index in [1.54, 1.807) is 12.1 Å². The molecule has 8 nitrogen and oxygen atoms in total. The number of amides is 1. The summed E-state index contributed by atoms with van der Waals surface area (Å²) in [7, 11) is 0. The highest BCUT2D eigenvalue weighted by Gasteiger charge is 2.13. The summed E-state index contributed by atoms with van der Waals surface area (Å²) in [6.45, 7) is 8.40. The highest BCUT2D eigenvalue weighted by atomic mass is 35.5. The quantitative estimate of drug-likeness (QED) is 0.274. The number of aromatic nitrogens is 2. The van der Waals surface area contributed by atoms with E-state index in [1.807, 2.05) is 12.1 Å². The fourth-order valence-electron chi connectivity index (χ4n) is 3.53. The lowest BCUT2D eigenvalue weighted by atomic mass is 10.2. The number of morpholine rings is 1. The van der Waals surface area contributed by atoms with Crippen molar-refractivity contribution in [3.63, 3.8) is 0 Å². The Labute approximate surface area is 226 Å². The van der Waals surface area contributed by atoms with Crippen molar-refractivity contribution in [1.29, 1.82) is 0 Å². The van der Waals surface area contributed by atoms with Gasteiger partial charge in [-0.15, -0.1) is 24.8 Å². The fourth-order valence-corrected chi connectivity index (χ4v) is 3.71. The highest BCUT2D eigenvalue weighted by molar-refractivity contribution is 6.31. The molecule has 2 N–H and O–H groups in total. The highest BCUT2D eigenvalue weighted by Crippen LogP contribution is 2.29. The molecule has 0 atom stereocenters. The first-order valence-electron chi connectivity index (χ1n) is 10.9. The molecule has 36 heavy (non-hydrogen) atoms. The largest absolute Gasteiger partial charge is 0.493 e. The first kappa shape index (κ1) is 29.5. The monoisotopic (exact) mass is 557 g/mol. The molecule has 0 unspecified atom stereocenters. The minimum absolute atomic E-state index is 0. The normalized spacial score (nSPS) is 13.3. The number of hydrogen-bond acceptors (Lipinski definition) is 7. The van der Waals surface area contributed by atoms with E-state index >= 15 is 0 Å². The molecular weight excluding hydrogens is 532 g/mol. The summed E-state index contributed by atoms with van der Waals surface area (Å²) in [6, 6.07) is 9.72. The summed E-state index contributed by atoms with van der Waals surface area (Å²) >= 11 is 5.91. The van der Waals surface area contributed by atoms with Crippen molar-refractivity contribution < 1.29 is 18.7 Å². The van der Waals surface area contributed by atoms with Crippen LogP contribution in [0.25, 0.3) is 10.9 Å². The van der Waals surface area contributed by atoms with Crippen LogP contribution in [-0.2, 0) is 9.53 Å². The zero-order valence-corrected chi connectivity index (χ0v) is 21.7. The van der Waals surface area contributed by atoms with Crippen LogP contribution in [0.4, 0.5) is 21.8 Å². The summed E-state index contributed by atoms with van der Waals surface area (Å²) in [5.41, 5.74) is 1.10. The van der Waals surface area contributed by atoms with E-state index in [9.17, 15) is 9.18 Å². The van der Waals surface area contributed by atoms with Gasteiger partial charge in [0.2, 0.25) is 11.9 Å². The third kappa shape index (κ3) is 7.91. The molecule has 0 spiro atoms. The second-order valence-corrected chi connectivity index (χ2v) is 8.09. The van der Waals surface area contributed by atoms with Gasteiger partial charge in [-0.2, -0.15) is 4.98 Å². The van der Waals surface area contributed by atoms with Gasteiger partial charge in [0.25, 0.3) is 0 Å². The molecule has 3 aromatic rings. The molecule has 1 aromatic heterocycles. The zero-order valence-electron chi connectivity index (χ0n) is 19.3. The molecule has 2 aromatic carbocycles. The van der Waals surface area contributed by atoms with Crippen LogP contribution in [-0.4, -0.2) is 60.2 Å². The number of hydrogen-bond donors (Lipinski definition) is 2. The minimum atomic E-state index is -0.519. The number of halogens is 4. The van der Waals surface area contributed by atoms with Gasteiger partial charge in [0, 0.05) is 36.8 Å². The van der Waals surface area contributed by atoms with Gasteiger partial charge >= 0.3 is 0 Å². The van der Waals surface area contributed by atoms with Gasteiger partial charge in [-0.3, -0.25) is 15.0 Å². The molecule has 1 aliphatic heterocycles. The maximum atomic E-state index is 13.6. The summed E-state index contributed by atoms with van der Waals surface area (Å²) in [5.74, 6) is 0.216. The maximum Gasteiger partial charge on any atom is 0.250 e. The zero-order chi connectivity index (χ0) is 23.9. The number of rotatable bonds is 9. The number of nitrogens with zero attached hydrogens (tertiary/aromatic N) is 3. The molecule has 0 radical (unpaired) electrons. The van der Waals surface area contributed by atoms with E-state index in [2.05, 4.69) is 32.1 Å². The molecular formula is C24H27Cl3FN5O3. The van der Waals surface area contributed by atoms with Crippen molar-refractivity contribution in [3.8, 4) is 5.75 Å². The predicted molar refractivity (Wildman–Crippen MR) is 145 cm³/mol. The van der Waals surface area contributed by atoms with Crippen molar-refractivity contribution in [2.75, 3.05) is 50.1 Å². The molecule has 12 heteroatoms. The number of nitrogens with one attached hydrogen (secondary N) is 2. The van der Waals surface area contributed by atoms with Crippen LogP contribution in [0.3, 0.4) is 0 Å². The average Bonchev–Trinajstić information content (AvgIpc) is 2.84. The van der Waals surface area contributed by atoms with Crippen molar-refractivity contribution in [1.82, 2.24) is 14.9 Å². The van der Waals surface area contributed by atoms with Gasteiger partial charge < -0.3 is 14.8 Å². The number of ether oxygens (including phenoxy) is 2. The fraction of sp³-hybridized carbons (Fsp3) is 0.292. The van der Waals surface area contributed by atoms with Gasteiger partial charge in [0.05, 0.1) is 30.4 Å². The molecule has 0 aliphatic carbocycles. The lowest BCUT2D eigenvalue weighted by molar-refractivity contribution is -0.111. The van der Waals surface area contributed by atoms with E-state index in [4.69, 9.17) is 21.1 Å². The van der Waals surface area contributed by atoms with Crippen LogP contribution >= 0.6 is 36.4 Å². The van der Waals surface area contributed by atoms with Crippen molar-refractivity contribution >= 4 is 70.7 Å². The SMILES string of the molecule is C=CC(=O)Nc1nc(Nc2ccc(F)c(Cl)c2)c2ccc(OCCCN3CCOCC3)cc2n1.Cl.Cl. The lowest BCUT2D eigenvalue weighted by Crippen LogP contribution is -2.37. The Morgan fingerprint density at radius 3 is 2.69 bits per heavy atom. The van der Waals surface area contributed by atoms with Crippen LogP contribution in [0.1, 0.15) is 6.42 Å². The van der Waals surface area contributed by atoms with Crippen molar-refractivity contribution in [3.05, 3.63) is 59.9 Å². The smallest absolute Gasteiger partial charge is 0.250 e. The maximum absolute atomic E-state index is 13.6. The summed E-state index contributed by atoms with van der Waals surface area (Å²) in [6.07, 6.45) is 2.02. The molecule has 1 amide bonds. The summed E-state index contributed by atoms with van der Waals surface area (Å²) in [5, 5.41) is 6.37. The van der Waals surface area contributed by atoms with Crippen LogP contribution in [0.15, 0.2) is 49.1 Å². The molecule has 0 saturated carbocycles. The van der Waals surface area contributed by atoms with E-state index in [1.165, 1.54) is 12.1 Å². The third-order valence-electron chi connectivity index (χ3n) is 5.26. The van der Waals surface area contributed by atoms with E-state index in [0.717, 1.165) is 45.3 Å². The minimum Gasteiger partial charge on any atom is -0.493 e. The molecule has 194 valence electrons. The van der Waals surface area contributed by atoms with Gasteiger partial charge in [0.1, 0.15) is 17.4 Å². The summed E-state index contributed by atoms with van der Waals surface area (Å²) < 4.78 is 24.9. The Hall–Kier alpha value is -2.69. The molecule has 0 bridgehead atoms. The van der Waals surface area contributed by atoms with Gasteiger partial charge in [-0.25, -0.2) is 9.37 Å². The Bertz CT molecular complexity index is 1200. The first-order valence-corrected chi connectivity index (χ1v) is 11.3. The first-order chi connectivity index (χ1) is 16.5. The molecule has 1 saturated heterocycles. The van der Waals surface area contributed by atoms with Gasteiger partial charge in [-0.1, -0.05) is 18.2 Å². The summed E-state index contributed by atoms with van der Waals surface area (Å²) in [4.78, 5) is 23.0. The standard InChI is InChI=1S/C24H25ClFN5O3.2ClH/c1-2-22(32)29-24-28-21-15-17(34-11-3-8-31-9-12-33-13-10-31)5-6-18(21)23(30-24)27-16-4-7-20(26)19(25)14-16;;/h2,4-7,14-15H,1,3,8-13H2,(H2,27,28,29,30,32);2*1H. The molecule has 4 rings (SSSR count). The Morgan fingerprint density at radius 2 is 1.97 bits per heavy atom. The number of fused-ring (bicyclic) bond motifs is 1. The van der Waals surface area contributed by atoms with Crippen LogP contribution < -0.4 is 15.4 Å². The van der Waals surface area contributed by atoms with Crippen molar-refractivity contribution in [2.45, 2.75) is 6.42 Å². The second kappa shape index (κ2) is 14.2. The van der Waals surface area contributed by atoms with Crippen LogP contribution in [0.2, 0.25) is 5.02 Å². The van der Waals surface area contributed by atoms with E-state index in [0.29, 0.717) is 34.8 Å². The Balaban J connectivity index is 0.00000228. The van der Waals surface area contributed by atoms with Crippen LogP contribution in [0, 0.1) is 5.82 Å². The average molecular weight is 559 g/mol. The number of anilines is 3. The molecule has 2 heterocycles. The molecule has 1 aliphatic rings. The molecule has 1 fully saturated rings. The van der Waals surface area contributed by atoms with Gasteiger partial charge in [-0.05, 0) is 42.8 Å². The number of carbonyl (C=O) groups excluding carboxylic acids is 1. The lowest BCUT2D eigenvalue weighted by Gasteiger charge is -2.26. The van der Waals surface area contributed by atoms with Gasteiger partial charge in [0.15, 0.2) is 0 Å². The third-order valence-corrected chi connectivity index (χ3v) is 5.55. The number of benzene rings is 2. The van der Waals surface area contributed by atoms with Crippen LogP contribution in [0.5, 0.6) is 5.75 Å². The Kier molecular flexibility index (Phi) is 11.6. The van der Waals surface area contributed by atoms with Crippen molar-refractivity contribution in [2.24, 2.45) is 0 Å². The second-order valence-electron chi connectivity index (χ2n) is 7.68. The topological polar surface area (TPSA) is 88.6 Å².